The zero-order valence-corrected chi connectivity index (χ0v) is 19.0. The summed E-state index contributed by atoms with van der Waals surface area (Å²) in [5.41, 5.74) is 1.11. The van der Waals surface area contributed by atoms with Crippen LogP contribution in [0.25, 0.3) is 0 Å². The zero-order valence-electron chi connectivity index (χ0n) is 19.0. The maximum atomic E-state index is 9.99. The van der Waals surface area contributed by atoms with Crippen LogP contribution in [0.5, 0.6) is 0 Å². The van der Waals surface area contributed by atoms with Crippen LogP contribution in [0.2, 0.25) is 0 Å². The monoisotopic (exact) mass is 402 g/mol. The number of rotatable bonds is 4. The van der Waals surface area contributed by atoms with Crippen LogP contribution in [0.15, 0.2) is 11.6 Å². The highest BCUT2D eigenvalue weighted by atomic mass is 16.3. The Hall–Kier alpha value is -0.820. The van der Waals surface area contributed by atoms with Crippen LogP contribution >= 0.6 is 0 Å². The summed E-state index contributed by atoms with van der Waals surface area (Å²) in [6, 6.07) is 0. The lowest BCUT2D eigenvalue weighted by molar-refractivity contribution is 0.0148. The summed E-state index contributed by atoms with van der Waals surface area (Å²) in [5, 5.41) is 29.8. The Balaban J connectivity index is 1.65. The van der Waals surface area contributed by atoms with Crippen LogP contribution in [0.3, 0.4) is 0 Å². The van der Waals surface area contributed by atoms with Crippen molar-refractivity contribution in [3.05, 3.63) is 11.6 Å². The molecule has 0 saturated heterocycles. The van der Waals surface area contributed by atoms with Gasteiger partial charge in [0, 0.05) is 6.42 Å². The van der Waals surface area contributed by atoms with Gasteiger partial charge in [-0.1, -0.05) is 31.4 Å². The van der Waals surface area contributed by atoms with E-state index in [1.54, 1.807) is 19.4 Å². The quantitative estimate of drug-likeness (QED) is 0.466. The summed E-state index contributed by atoms with van der Waals surface area (Å²) in [7, 11) is 0. The van der Waals surface area contributed by atoms with Crippen LogP contribution in [0.1, 0.15) is 91.9 Å². The molecule has 164 valence electrons. The van der Waals surface area contributed by atoms with Gasteiger partial charge in [0.05, 0.1) is 12.2 Å². The molecular weight excluding hydrogens is 360 g/mol. The molecule has 0 aliphatic heterocycles. The topological polar surface area (TPSA) is 60.7 Å². The second kappa shape index (κ2) is 9.13. The molecule has 3 N–H and O–H groups in total. The standard InChI is InChI=1S/C26H42O3/c1-18(7-5-13-25(2,3)29)23-11-12-24-20(8-6-14-26(23,24)4)10-9-19-15-21(27)17-22(28)16-19/h10,18-19,21-24,27-29H,6-9,11-12,14-17H2,1-4H3/b20-10+/t18-,21-,22-,23-,24?,26-/m1/s1. The van der Waals surface area contributed by atoms with Gasteiger partial charge >= 0.3 is 0 Å². The van der Waals surface area contributed by atoms with Gasteiger partial charge in [0.2, 0.25) is 0 Å². The molecule has 3 heteroatoms. The van der Waals surface area contributed by atoms with E-state index in [1.807, 2.05) is 0 Å². The van der Waals surface area contributed by atoms with Crippen molar-refractivity contribution in [2.75, 3.05) is 0 Å². The van der Waals surface area contributed by atoms with E-state index >= 15 is 0 Å². The van der Waals surface area contributed by atoms with Gasteiger partial charge in [0.1, 0.15) is 5.60 Å². The van der Waals surface area contributed by atoms with E-state index < -0.39 is 5.60 Å². The van der Waals surface area contributed by atoms with E-state index in [0.717, 1.165) is 25.7 Å². The summed E-state index contributed by atoms with van der Waals surface area (Å²) in [6.07, 6.45) is 12.3. The predicted molar refractivity (Wildman–Crippen MR) is 118 cm³/mol. The van der Waals surface area contributed by atoms with Gasteiger partial charge in [0.15, 0.2) is 0 Å². The van der Waals surface area contributed by atoms with Gasteiger partial charge in [-0.05, 0) is 101 Å². The van der Waals surface area contributed by atoms with Crippen molar-refractivity contribution in [1.29, 1.82) is 0 Å². The highest BCUT2D eigenvalue weighted by molar-refractivity contribution is 5.19. The van der Waals surface area contributed by atoms with Gasteiger partial charge in [-0.15, -0.1) is 5.92 Å². The first-order valence-corrected chi connectivity index (χ1v) is 11.9. The average molecular weight is 403 g/mol. The molecule has 0 aromatic carbocycles. The SMILES string of the molecule is C[C@H](CC#CC(C)(C)O)[C@H]1CCC2/C(=C/CC3C[C@@H](O)C[C@H](O)C3)CCC[C@@]21C. The minimum atomic E-state index is -0.900. The summed E-state index contributed by atoms with van der Waals surface area (Å²) in [4.78, 5) is 0. The molecule has 3 nitrogen and oxygen atoms in total. The first-order chi connectivity index (χ1) is 13.6. The summed E-state index contributed by atoms with van der Waals surface area (Å²) in [6.45, 7) is 8.36. The molecule has 6 atom stereocenters. The molecule has 0 bridgehead atoms. The third-order valence-corrected chi connectivity index (χ3v) is 8.01. The predicted octanol–water partition coefficient (Wildman–Crippen LogP) is 4.84. The van der Waals surface area contributed by atoms with Crippen LogP contribution in [0, 0.1) is 40.9 Å². The second-order valence-electron chi connectivity index (χ2n) is 11.0. The molecular formula is C26H42O3. The Kier molecular flexibility index (Phi) is 7.19. The maximum Gasteiger partial charge on any atom is 0.119 e. The number of allylic oxidation sites excluding steroid dienone is 2. The Morgan fingerprint density at radius 1 is 1.17 bits per heavy atom. The fourth-order valence-corrected chi connectivity index (χ4v) is 6.71. The number of hydrogen-bond donors (Lipinski definition) is 3. The Labute approximate surface area is 178 Å². The van der Waals surface area contributed by atoms with Gasteiger partial charge in [-0.25, -0.2) is 0 Å². The Morgan fingerprint density at radius 3 is 2.52 bits per heavy atom. The molecule has 3 fully saturated rings. The Morgan fingerprint density at radius 2 is 1.86 bits per heavy atom. The normalized spacial score (nSPS) is 40.2. The first kappa shape index (κ1) is 22.9. The van der Waals surface area contributed by atoms with Crippen LogP contribution < -0.4 is 0 Å². The van der Waals surface area contributed by atoms with E-state index in [9.17, 15) is 15.3 Å². The third kappa shape index (κ3) is 5.66. The summed E-state index contributed by atoms with van der Waals surface area (Å²) in [5.74, 6) is 8.59. The number of aliphatic hydroxyl groups is 3. The lowest BCUT2D eigenvalue weighted by atomic mass is 9.60. The minimum absolute atomic E-state index is 0.333. The highest BCUT2D eigenvalue weighted by Crippen LogP contribution is 2.59. The molecule has 0 amide bonds. The molecule has 29 heavy (non-hydrogen) atoms. The summed E-state index contributed by atoms with van der Waals surface area (Å²) >= 11 is 0. The van der Waals surface area contributed by atoms with Crippen LogP contribution in [-0.2, 0) is 0 Å². The van der Waals surface area contributed by atoms with E-state index in [0.29, 0.717) is 35.5 Å². The van der Waals surface area contributed by atoms with Crippen LogP contribution in [0.4, 0.5) is 0 Å². The molecule has 0 radical (unpaired) electrons. The average Bonchev–Trinajstić information content (AvgIpc) is 2.95. The molecule has 3 saturated carbocycles. The third-order valence-electron chi connectivity index (χ3n) is 8.01. The summed E-state index contributed by atoms with van der Waals surface area (Å²) < 4.78 is 0. The molecule has 3 aliphatic carbocycles. The van der Waals surface area contributed by atoms with Crippen LogP contribution in [-0.4, -0.2) is 33.1 Å². The van der Waals surface area contributed by atoms with Crippen molar-refractivity contribution in [1.82, 2.24) is 0 Å². The smallest absolute Gasteiger partial charge is 0.119 e. The van der Waals surface area contributed by atoms with Crippen molar-refractivity contribution in [2.24, 2.45) is 29.1 Å². The van der Waals surface area contributed by atoms with Crippen molar-refractivity contribution in [2.45, 2.75) is 110 Å². The number of aliphatic hydroxyl groups excluding tert-OH is 2. The van der Waals surface area contributed by atoms with Crippen molar-refractivity contribution in [3.63, 3.8) is 0 Å². The van der Waals surface area contributed by atoms with E-state index in [1.165, 1.54) is 32.1 Å². The number of hydrogen-bond acceptors (Lipinski definition) is 3. The van der Waals surface area contributed by atoms with Crippen molar-refractivity contribution < 1.29 is 15.3 Å². The molecule has 3 rings (SSSR count). The molecule has 0 heterocycles. The second-order valence-corrected chi connectivity index (χ2v) is 11.0. The lowest BCUT2D eigenvalue weighted by Crippen LogP contribution is -2.36. The molecule has 0 aromatic rings. The van der Waals surface area contributed by atoms with Crippen molar-refractivity contribution >= 4 is 0 Å². The molecule has 0 spiro atoms. The highest BCUT2D eigenvalue weighted by Gasteiger charge is 2.50. The first-order valence-electron chi connectivity index (χ1n) is 11.9. The van der Waals surface area contributed by atoms with E-state index in [2.05, 4.69) is 31.8 Å². The minimum Gasteiger partial charge on any atom is -0.393 e. The number of fused-ring (bicyclic) bond motifs is 1. The zero-order chi connectivity index (χ0) is 21.2. The van der Waals surface area contributed by atoms with Crippen molar-refractivity contribution in [3.8, 4) is 11.8 Å². The van der Waals surface area contributed by atoms with E-state index in [-0.39, 0.29) is 12.2 Å². The van der Waals surface area contributed by atoms with Gasteiger partial charge in [-0.2, -0.15) is 0 Å². The van der Waals surface area contributed by atoms with Gasteiger partial charge in [-0.3, -0.25) is 0 Å². The van der Waals surface area contributed by atoms with Gasteiger partial charge < -0.3 is 15.3 Å². The largest absolute Gasteiger partial charge is 0.393 e. The maximum absolute atomic E-state index is 9.99. The Bertz CT molecular complexity index is 639. The van der Waals surface area contributed by atoms with Gasteiger partial charge in [0.25, 0.3) is 0 Å². The fourth-order valence-electron chi connectivity index (χ4n) is 6.71. The molecule has 0 aromatic heterocycles. The molecule has 1 unspecified atom stereocenters. The fraction of sp³-hybridized carbons (Fsp3) is 0.846. The molecule has 3 aliphatic rings. The lowest BCUT2D eigenvalue weighted by Gasteiger charge is -2.44. The van der Waals surface area contributed by atoms with E-state index in [4.69, 9.17) is 0 Å².